The zero-order valence-electron chi connectivity index (χ0n) is 20.1. The summed E-state index contributed by atoms with van der Waals surface area (Å²) in [5, 5.41) is 17.0. The van der Waals surface area contributed by atoms with Crippen molar-refractivity contribution in [2.24, 2.45) is 0 Å². The molecule has 0 aliphatic carbocycles. The first kappa shape index (κ1) is 21.5. The molecule has 5 heterocycles. The Labute approximate surface area is 203 Å². The lowest BCUT2D eigenvalue weighted by Crippen LogP contribution is -2.32. The largest absolute Gasteiger partial charge is 0.364 e. The smallest absolute Gasteiger partial charge is 0.165 e. The zero-order valence-corrected chi connectivity index (χ0v) is 20.1. The molecule has 0 radical (unpaired) electrons. The maximum Gasteiger partial charge on any atom is 0.165 e. The van der Waals surface area contributed by atoms with E-state index < -0.39 is 0 Å². The standard InChI is InChI=1S/C25H28N10/c1-4-33-24(17-12-28-35(13-17)19-8-6-5-7-9-19)30-21-22(26-15-27-25(21)33)29-18-10-11-20-31-32-23(16(2)3)34(20)14-18/h5-9,12-13,15-16,18H,4,10-11,14H2,1-3H3,(H,26,27,29)/t18-/m1/s1. The maximum atomic E-state index is 5.00. The first-order valence-corrected chi connectivity index (χ1v) is 12.1. The molecule has 0 fully saturated rings. The molecule has 0 amide bonds. The van der Waals surface area contributed by atoms with Gasteiger partial charge in [0.1, 0.15) is 23.8 Å². The first-order chi connectivity index (χ1) is 17.1. The van der Waals surface area contributed by atoms with Gasteiger partial charge in [0.15, 0.2) is 17.0 Å². The summed E-state index contributed by atoms with van der Waals surface area (Å²) < 4.78 is 6.23. The van der Waals surface area contributed by atoms with E-state index in [-0.39, 0.29) is 6.04 Å². The summed E-state index contributed by atoms with van der Waals surface area (Å²) in [7, 11) is 0. The predicted molar refractivity (Wildman–Crippen MR) is 133 cm³/mol. The summed E-state index contributed by atoms with van der Waals surface area (Å²) in [4.78, 5) is 14.2. The molecular formula is C25H28N10. The van der Waals surface area contributed by atoms with Gasteiger partial charge in [-0.05, 0) is 25.5 Å². The van der Waals surface area contributed by atoms with Crippen LogP contribution < -0.4 is 5.32 Å². The first-order valence-electron chi connectivity index (χ1n) is 12.1. The second-order valence-corrected chi connectivity index (χ2v) is 9.20. The van der Waals surface area contributed by atoms with Crippen LogP contribution in [0.5, 0.6) is 0 Å². The normalized spacial score (nSPS) is 15.6. The van der Waals surface area contributed by atoms with Crippen LogP contribution in [0.3, 0.4) is 0 Å². The van der Waals surface area contributed by atoms with Crippen molar-refractivity contribution in [2.45, 2.75) is 58.7 Å². The van der Waals surface area contributed by atoms with Crippen molar-refractivity contribution >= 4 is 17.0 Å². The Hall–Kier alpha value is -4.08. The van der Waals surface area contributed by atoms with Crippen molar-refractivity contribution in [3.05, 3.63) is 60.7 Å². The summed E-state index contributed by atoms with van der Waals surface area (Å²) in [5.74, 6) is 4.02. The highest BCUT2D eigenvalue weighted by molar-refractivity contribution is 5.86. The van der Waals surface area contributed by atoms with Crippen molar-refractivity contribution < 1.29 is 0 Å². The molecule has 4 aromatic heterocycles. The van der Waals surface area contributed by atoms with Crippen LogP contribution in [-0.4, -0.2) is 50.1 Å². The number of fused-ring (bicyclic) bond motifs is 2. The van der Waals surface area contributed by atoms with E-state index in [2.05, 4.69) is 60.5 Å². The van der Waals surface area contributed by atoms with Crippen molar-refractivity contribution in [2.75, 3.05) is 5.32 Å². The van der Waals surface area contributed by atoms with Crippen LogP contribution >= 0.6 is 0 Å². The van der Waals surface area contributed by atoms with E-state index in [4.69, 9.17) is 4.98 Å². The summed E-state index contributed by atoms with van der Waals surface area (Å²) in [5.41, 5.74) is 3.53. The molecule has 0 bridgehead atoms. The van der Waals surface area contributed by atoms with Crippen LogP contribution in [0.2, 0.25) is 0 Å². The predicted octanol–water partition coefficient (Wildman–Crippen LogP) is 3.84. The van der Waals surface area contributed by atoms with E-state index in [0.29, 0.717) is 5.92 Å². The van der Waals surface area contributed by atoms with Gasteiger partial charge < -0.3 is 14.5 Å². The number of imidazole rings is 1. The second-order valence-electron chi connectivity index (χ2n) is 9.20. The fraction of sp³-hybridized carbons (Fsp3) is 0.360. The quantitative estimate of drug-likeness (QED) is 0.404. The van der Waals surface area contributed by atoms with Gasteiger partial charge in [0.05, 0.1) is 17.4 Å². The minimum absolute atomic E-state index is 0.213. The lowest BCUT2D eigenvalue weighted by molar-refractivity contribution is 0.459. The molecule has 35 heavy (non-hydrogen) atoms. The average Bonchev–Trinajstić information content (AvgIpc) is 3.61. The van der Waals surface area contributed by atoms with Gasteiger partial charge in [0.25, 0.3) is 0 Å². The number of para-hydroxylation sites is 1. The van der Waals surface area contributed by atoms with Gasteiger partial charge in [-0.25, -0.2) is 19.6 Å². The highest BCUT2D eigenvalue weighted by atomic mass is 15.3. The lowest BCUT2D eigenvalue weighted by atomic mass is 10.1. The Bertz CT molecular complexity index is 1480. The highest BCUT2D eigenvalue weighted by Gasteiger charge is 2.26. The van der Waals surface area contributed by atoms with E-state index in [1.54, 1.807) is 6.33 Å². The van der Waals surface area contributed by atoms with Crippen molar-refractivity contribution in [1.29, 1.82) is 0 Å². The summed E-state index contributed by atoms with van der Waals surface area (Å²) >= 11 is 0. The zero-order chi connectivity index (χ0) is 23.9. The van der Waals surface area contributed by atoms with Gasteiger partial charge in [-0.1, -0.05) is 32.0 Å². The Morgan fingerprint density at radius 1 is 1.11 bits per heavy atom. The Morgan fingerprint density at radius 3 is 2.77 bits per heavy atom. The number of nitrogens with zero attached hydrogens (tertiary/aromatic N) is 9. The van der Waals surface area contributed by atoms with Crippen LogP contribution in [0.25, 0.3) is 28.2 Å². The third-order valence-electron chi connectivity index (χ3n) is 6.54. The van der Waals surface area contributed by atoms with Crippen LogP contribution in [0.15, 0.2) is 49.1 Å². The van der Waals surface area contributed by atoms with E-state index in [0.717, 1.165) is 71.6 Å². The van der Waals surface area contributed by atoms with Crippen molar-refractivity contribution in [3.63, 3.8) is 0 Å². The molecule has 1 N–H and O–H groups in total. The van der Waals surface area contributed by atoms with Gasteiger partial charge in [-0.15, -0.1) is 10.2 Å². The number of aromatic nitrogens is 9. The van der Waals surface area contributed by atoms with Crippen LogP contribution in [0.4, 0.5) is 5.82 Å². The topological polar surface area (TPSA) is 104 Å². The molecule has 0 spiro atoms. The van der Waals surface area contributed by atoms with E-state index in [1.807, 2.05) is 47.4 Å². The third-order valence-corrected chi connectivity index (χ3v) is 6.54. The van der Waals surface area contributed by atoms with Gasteiger partial charge in [-0.2, -0.15) is 5.10 Å². The number of benzene rings is 1. The van der Waals surface area contributed by atoms with E-state index in [1.165, 1.54) is 0 Å². The third kappa shape index (κ3) is 3.74. The van der Waals surface area contributed by atoms with Gasteiger partial charge in [0.2, 0.25) is 0 Å². The molecule has 6 rings (SSSR count). The number of hydrogen-bond acceptors (Lipinski definition) is 7. The van der Waals surface area contributed by atoms with E-state index in [9.17, 15) is 0 Å². The fourth-order valence-corrected chi connectivity index (χ4v) is 4.81. The number of rotatable bonds is 6. The second kappa shape index (κ2) is 8.61. The summed E-state index contributed by atoms with van der Waals surface area (Å²) in [6.07, 6.45) is 7.32. The van der Waals surface area contributed by atoms with E-state index >= 15 is 0 Å². The molecule has 1 atom stereocenters. The molecule has 1 aromatic carbocycles. The molecule has 0 unspecified atom stereocenters. The SMILES string of the molecule is CCn1c(-c2cnn(-c3ccccc3)c2)nc2c(N[C@@H]3CCc4nnc(C(C)C)n4C3)ncnc21. The van der Waals surface area contributed by atoms with Crippen molar-refractivity contribution in [3.8, 4) is 17.1 Å². The molecule has 178 valence electrons. The average molecular weight is 469 g/mol. The number of hydrogen-bond donors (Lipinski definition) is 1. The molecule has 1 aliphatic heterocycles. The van der Waals surface area contributed by atoms with Crippen LogP contribution in [-0.2, 0) is 19.5 Å². The minimum Gasteiger partial charge on any atom is -0.364 e. The maximum absolute atomic E-state index is 5.00. The monoisotopic (exact) mass is 468 g/mol. The Balaban J connectivity index is 1.34. The number of anilines is 1. The molecule has 5 aromatic rings. The number of nitrogens with one attached hydrogen (secondary N) is 1. The minimum atomic E-state index is 0.213. The van der Waals surface area contributed by atoms with Crippen molar-refractivity contribution in [1.82, 2.24) is 44.1 Å². The van der Waals surface area contributed by atoms with Crippen LogP contribution in [0, 0.1) is 0 Å². The lowest BCUT2D eigenvalue weighted by Gasteiger charge is -2.26. The summed E-state index contributed by atoms with van der Waals surface area (Å²) in [6.45, 7) is 7.96. The Kier molecular flexibility index (Phi) is 5.28. The number of aryl methyl sites for hydroxylation is 2. The fourth-order valence-electron chi connectivity index (χ4n) is 4.81. The Morgan fingerprint density at radius 2 is 1.97 bits per heavy atom. The van der Waals surface area contributed by atoms with Gasteiger partial charge >= 0.3 is 0 Å². The molecule has 1 aliphatic rings. The molecular weight excluding hydrogens is 440 g/mol. The van der Waals surface area contributed by atoms with Crippen LogP contribution in [0.1, 0.15) is 44.8 Å². The van der Waals surface area contributed by atoms with Gasteiger partial charge in [-0.3, -0.25) is 0 Å². The highest BCUT2D eigenvalue weighted by Crippen LogP contribution is 2.29. The molecule has 0 saturated heterocycles. The summed E-state index contributed by atoms with van der Waals surface area (Å²) in [6, 6.07) is 10.3. The van der Waals surface area contributed by atoms with Gasteiger partial charge in [0, 0.05) is 37.7 Å². The molecule has 0 saturated carbocycles. The molecule has 10 heteroatoms. The molecule has 10 nitrogen and oxygen atoms in total.